The SMILES string of the molecule is [C-]#[N+]c1c(-c2cc(C)c(-c3ccccc3)cn2)[c-]cc(C#N)c1[N+]#[C-].[Ir].[c-]1cccc2c1-c1nccn1CC2. The molecule has 0 saturated carbocycles. The Morgan fingerprint density at radius 2 is 1.79 bits per heavy atom. The van der Waals surface area contributed by atoms with Gasteiger partial charge in [0, 0.05) is 56.9 Å². The van der Waals surface area contributed by atoms with Crippen LogP contribution in [0.2, 0.25) is 0 Å². The van der Waals surface area contributed by atoms with Crippen LogP contribution in [-0.4, -0.2) is 14.5 Å². The second-order valence-corrected chi connectivity index (χ2v) is 8.63. The molecular weight excluding hydrogens is 661 g/mol. The molecule has 1 aliphatic heterocycles. The molecule has 0 saturated heterocycles. The van der Waals surface area contributed by atoms with Gasteiger partial charge < -0.3 is 9.55 Å². The second-order valence-electron chi connectivity index (χ2n) is 8.63. The largest absolute Gasteiger partial charge is 0.371 e. The molecule has 6 rings (SSSR count). The maximum Gasteiger partial charge on any atom is 0.244 e. The minimum Gasteiger partial charge on any atom is -0.371 e. The van der Waals surface area contributed by atoms with E-state index >= 15 is 0 Å². The van der Waals surface area contributed by atoms with Crippen LogP contribution in [0.3, 0.4) is 0 Å². The first kappa shape index (κ1) is 27.2. The van der Waals surface area contributed by atoms with Crippen LogP contribution in [0.4, 0.5) is 11.4 Å². The number of fused-ring (bicyclic) bond motifs is 3. The molecular formula is C32H20IrN6-2. The molecule has 7 heteroatoms. The molecule has 0 unspecified atom stereocenters. The van der Waals surface area contributed by atoms with Crippen LogP contribution >= 0.6 is 0 Å². The van der Waals surface area contributed by atoms with Crippen molar-refractivity contribution in [3.8, 4) is 39.8 Å². The third-order valence-electron chi connectivity index (χ3n) is 6.38. The van der Waals surface area contributed by atoms with E-state index in [4.69, 9.17) is 18.4 Å². The van der Waals surface area contributed by atoms with Gasteiger partial charge >= 0.3 is 0 Å². The number of pyridine rings is 1. The quantitative estimate of drug-likeness (QED) is 0.183. The summed E-state index contributed by atoms with van der Waals surface area (Å²) in [6.07, 6.45) is 6.73. The van der Waals surface area contributed by atoms with Crippen molar-refractivity contribution in [3.63, 3.8) is 0 Å². The maximum atomic E-state index is 9.11. The normalized spacial score (nSPS) is 10.7. The summed E-state index contributed by atoms with van der Waals surface area (Å²) in [5.74, 6) is 1.06. The van der Waals surface area contributed by atoms with Gasteiger partial charge in [0.25, 0.3) is 0 Å². The molecule has 189 valence electrons. The first-order valence-electron chi connectivity index (χ1n) is 11.9. The van der Waals surface area contributed by atoms with Gasteiger partial charge in [-0.25, -0.2) is 15.0 Å². The van der Waals surface area contributed by atoms with Gasteiger partial charge in [0.1, 0.15) is 6.57 Å². The fraction of sp³-hybridized carbons (Fsp3) is 0.0938. The minimum absolute atomic E-state index is 0. The van der Waals surface area contributed by atoms with Crippen molar-refractivity contribution in [3.05, 3.63) is 131 Å². The fourth-order valence-corrected chi connectivity index (χ4v) is 4.49. The summed E-state index contributed by atoms with van der Waals surface area (Å²) in [6, 6.07) is 27.5. The monoisotopic (exact) mass is 681 g/mol. The predicted molar refractivity (Wildman–Crippen MR) is 146 cm³/mol. The Balaban J connectivity index is 0.000000210. The van der Waals surface area contributed by atoms with Crippen LogP contribution in [0, 0.1) is 43.5 Å². The van der Waals surface area contributed by atoms with Crippen LogP contribution < -0.4 is 0 Å². The fourth-order valence-electron chi connectivity index (χ4n) is 4.49. The van der Waals surface area contributed by atoms with Crippen LogP contribution in [0.1, 0.15) is 16.7 Å². The van der Waals surface area contributed by atoms with Crippen molar-refractivity contribution in [2.75, 3.05) is 0 Å². The average molecular weight is 681 g/mol. The molecule has 2 aromatic heterocycles. The summed E-state index contributed by atoms with van der Waals surface area (Å²) in [5, 5.41) is 9.11. The molecule has 0 N–H and O–H groups in total. The van der Waals surface area contributed by atoms with Gasteiger partial charge in [-0.05, 0) is 41.3 Å². The van der Waals surface area contributed by atoms with Crippen molar-refractivity contribution in [2.45, 2.75) is 19.9 Å². The van der Waals surface area contributed by atoms with Crippen molar-refractivity contribution < 1.29 is 20.1 Å². The Hall–Kier alpha value is -4.86. The number of aryl methyl sites for hydroxylation is 3. The van der Waals surface area contributed by atoms with E-state index in [9.17, 15) is 0 Å². The Morgan fingerprint density at radius 3 is 2.51 bits per heavy atom. The van der Waals surface area contributed by atoms with Crippen molar-refractivity contribution in [2.24, 2.45) is 0 Å². The number of nitriles is 1. The average Bonchev–Trinajstić information content (AvgIpc) is 3.47. The zero-order valence-electron chi connectivity index (χ0n) is 20.9. The van der Waals surface area contributed by atoms with E-state index in [1.807, 2.05) is 73.9 Å². The van der Waals surface area contributed by atoms with Crippen molar-refractivity contribution in [1.82, 2.24) is 14.5 Å². The Morgan fingerprint density at radius 1 is 1.00 bits per heavy atom. The first-order valence-corrected chi connectivity index (χ1v) is 11.9. The smallest absolute Gasteiger partial charge is 0.244 e. The van der Waals surface area contributed by atoms with Crippen molar-refractivity contribution in [1.29, 1.82) is 5.26 Å². The van der Waals surface area contributed by atoms with Crippen LogP contribution in [0.5, 0.6) is 0 Å². The summed E-state index contributed by atoms with van der Waals surface area (Å²) in [5.41, 5.74) is 6.95. The van der Waals surface area contributed by atoms with E-state index in [-0.39, 0.29) is 37.0 Å². The van der Waals surface area contributed by atoms with Gasteiger partial charge in [0.05, 0.1) is 12.4 Å². The van der Waals surface area contributed by atoms with Gasteiger partial charge in [-0.15, -0.1) is 47.5 Å². The van der Waals surface area contributed by atoms with E-state index in [0.29, 0.717) is 11.3 Å². The van der Waals surface area contributed by atoms with E-state index in [0.717, 1.165) is 35.5 Å². The van der Waals surface area contributed by atoms with E-state index in [1.165, 1.54) is 17.2 Å². The minimum atomic E-state index is 0. The Kier molecular flexibility index (Phi) is 8.45. The number of hydrogen-bond donors (Lipinski definition) is 0. The zero-order chi connectivity index (χ0) is 26.5. The van der Waals surface area contributed by atoms with E-state index < -0.39 is 0 Å². The van der Waals surface area contributed by atoms with Gasteiger partial charge in [-0.2, -0.15) is 0 Å². The van der Waals surface area contributed by atoms with Crippen LogP contribution in [0.25, 0.3) is 43.5 Å². The standard InChI is InChI=1S/C21H11N4.C11H9N2.Ir/c1-14-11-19(25-13-18(14)15-7-5-4-6-8-15)17-10-9-16(12-22)20(23-2)21(17)24-3;1-2-4-10-9(3-1)5-7-13-8-6-12-11(10)13;/h4-9,11,13H,1H3;1-3,6,8H,5,7H2;/q2*-1;. The number of hydrogen-bond acceptors (Lipinski definition) is 3. The summed E-state index contributed by atoms with van der Waals surface area (Å²) in [6.45, 7) is 17.7. The molecule has 0 spiro atoms. The van der Waals surface area contributed by atoms with Gasteiger partial charge in [-0.3, -0.25) is 4.98 Å². The summed E-state index contributed by atoms with van der Waals surface area (Å²) < 4.78 is 2.18. The molecule has 1 aliphatic rings. The van der Waals surface area contributed by atoms with Gasteiger partial charge in [-0.1, -0.05) is 36.4 Å². The third-order valence-corrected chi connectivity index (χ3v) is 6.38. The van der Waals surface area contributed by atoms with E-state index in [2.05, 4.69) is 42.4 Å². The van der Waals surface area contributed by atoms with Crippen LogP contribution in [0.15, 0.2) is 79.3 Å². The van der Waals surface area contributed by atoms with Crippen molar-refractivity contribution >= 4 is 11.4 Å². The summed E-state index contributed by atoms with van der Waals surface area (Å²) in [4.78, 5) is 15.6. The molecule has 3 heterocycles. The Bertz CT molecular complexity index is 1770. The molecule has 3 aromatic carbocycles. The van der Waals surface area contributed by atoms with Gasteiger partial charge in [0.15, 0.2) is 0 Å². The second kappa shape index (κ2) is 12.1. The van der Waals surface area contributed by atoms with Crippen LogP contribution in [-0.2, 0) is 33.1 Å². The molecule has 0 aliphatic carbocycles. The first-order chi connectivity index (χ1) is 18.6. The number of rotatable bonds is 2. The molecule has 1 radical (unpaired) electrons. The summed E-state index contributed by atoms with van der Waals surface area (Å²) >= 11 is 0. The number of nitrogens with zero attached hydrogens (tertiary/aromatic N) is 6. The molecule has 0 bridgehead atoms. The summed E-state index contributed by atoms with van der Waals surface area (Å²) in [7, 11) is 0. The number of imidazole rings is 1. The zero-order valence-corrected chi connectivity index (χ0v) is 23.3. The van der Waals surface area contributed by atoms with E-state index in [1.54, 1.807) is 6.20 Å². The van der Waals surface area contributed by atoms with Gasteiger partial charge in [0.2, 0.25) is 11.4 Å². The third kappa shape index (κ3) is 5.40. The Labute approximate surface area is 241 Å². The topological polar surface area (TPSA) is 63.2 Å². The molecule has 0 amide bonds. The molecule has 0 fully saturated rings. The molecule has 5 aromatic rings. The molecule has 0 atom stereocenters. The maximum absolute atomic E-state index is 9.11. The molecule has 39 heavy (non-hydrogen) atoms. The number of aromatic nitrogens is 3. The molecule has 6 nitrogen and oxygen atoms in total. The number of benzene rings is 3. The predicted octanol–water partition coefficient (Wildman–Crippen LogP) is 7.40.